The minimum absolute atomic E-state index is 0.910. The van der Waals surface area contributed by atoms with Crippen molar-refractivity contribution in [2.75, 3.05) is 0 Å². The van der Waals surface area contributed by atoms with Crippen LogP contribution in [0.5, 0.6) is 0 Å². The molecule has 0 saturated heterocycles. The fourth-order valence-electron chi connectivity index (χ4n) is 1.23. The molecule has 1 aromatic heterocycles. The maximum absolute atomic E-state index is 3.92. The normalized spacial score (nSPS) is 10.5. The van der Waals surface area contributed by atoms with E-state index in [-0.39, 0.29) is 0 Å². The summed E-state index contributed by atoms with van der Waals surface area (Å²) >= 11 is 0. The summed E-state index contributed by atoms with van der Waals surface area (Å²) in [6.07, 6.45) is 1.75. The van der Waals surface area contributed by atoms with E-state index in [2.05, 4.69) is 29.3 Å². The predicted octanol–water partition coefficient (Wildman–Crippen LogP) is 1.64. The second-order valence-corrected chi connectivity index (χ2v) is 2.87. The largest absolute Gasteiger partial charge is 0.138 e. The van der Waals surface area contributed by atoms with Crippen LogP contribution in [0.2, 0.25) is 0 Å². The highest BCUT2D eigenvalue weighted by molar-refractivity contribution is 5.81. The molecule has 1 aromatic carbocycles. The second-order valence-electron chi connectivity index (χ2n) is 2.87. The minimum Gasteiger partial charge on any atom is -0.138 e. The summed E-state index contributed by atoms with van der Waals surface area (Å²) in [6, 6.07) is 4.01. The molecular weight excluding hydrogens is 150 g/mol. The van der Waals surface area contributed by atoms with Gasteiger partial charge in [-0.15, -0.1) is 10.2 Å². The van der Waals surface area contributed by atoms with E-state index in [1.807, 2.05) is 12.1 Å². The predicted molar refractivity (Wildman–Crippen MR) is 46.8 cm³/mol. The Bertz CT molecular complexity index is 423. The highest BCUT2D eigenvalue weighted by Crippen LogP contribution is 2.17. The van der Waals surface area contributed by atoms with Gasteiger partial charge in [-0.3, -0.25) is 0 Å². The molecule has 1 heterocycles. The first-order valence-corrected chi connectivity index (χ1v) is 3.83. The maximum Gasteiger partial charge on any atom is 0.0966 e. The molecule has 0 aliphatic heterocycles. The van der Waals surface area contributed by atoms with Crippen LogP contribution in [0.4, 0.5) is 0 Å². The second kappa shape index (κ2) is 2.52. The van der Waals surface area contributed by atoms with Gasteiger partial charge in [0.1, 0.15) is 0 Å². The molecule has 0 radical (unpaired) electrons. The molecule has 3 nitrogen and oxygen atoms in total. The molecule has 0 bridgehead atoms. The van der Waals surface area contributed by atoms with Gasteiger partial charge >= 0.3 is 0 Å². The summed E-state index contributed by atoms with van der Waals surface area (Å²) in [4.78, 5) is 0. The zero-order valence-electron chi connectivity index (χ0n) is 7.07. The van der Waals surface area contributed by atoms with Crippen molar-refractivity contribution in [2.45, 2.75) is 13.8 Å². The molecule has 0 fully saturated rings. The molecule has 0 unspecified atom stereocenters. The van der Waals surface area contributed by atoms with Gasteiger partial charge < -0.3 is 0 Å². The van der Waals surface area contributed by atoms with Crippen molar-refractivity contribution in [1.82, 2.24) is 15.4 Å². The van der Waals surface area contributed by atoms with Crippen LogP contribution < -0.4 is 0 Å². The van der Waals surface area contributed by atoms with Crippen molar-refractivity contribution >= 4 is 10.9 Å². The maximum atomic E-state index is 3.92. The zero-order valence-corrected chi connectivity index (χ0v) is 7.07. The van der Waals surface area contributed by atoms with Crippen LogP contribution in [0.25, 0.3) is 10.9 Å². The Morgan fingerprint density at radius 3 is 2.83 bits per heavy atom. The van der Waals surface area contributed by atoms with Crippen molar-refractivity contribution < 1.29 is 0 Å². The SMILES string of the molecule is Cc1ccc2nnncc2c1C. The van der Waals surface area contributed by atoms with Gasteiger partial charge in [-0.1, -0.05) is 6.07 Å². The third-order valence-electron chi connectivity index (χ3n) is 2.15. The third-order valence-corrected chi connectivity index (χ3v) is 2.15. The number of nitrogens with zero attached hydrogens (tertiary/aromatic N) is 3. The standard InChI is InChI=1S/C9H9N3/c1-6-3-4-9-8(7(6)2)5-10-12-11-9/h3-5H,1-2H3. The Balaban J connectivity index is 2.91. The van der Waals surface area contributed by atoms with E-state index in [1.54, 1.807) is 6.20 Å². The summed E-state index contributed by atoms with van der Waals surface area (Å²) in [6.45, 7) is 4.15. The number of fused-ring (bicyclic) bond motifs is 1. The number of aromatic nitrogens is 3. The highest BCUT2D eigenvalue weighted by atomic mass is 15.3. The lowest BCUT2D eigenvalue weighted by molar-refractivity contribution is 0.894. The molecule has 0 spiro atoms. The lowest BCUT2D eigenvalue weighted by atomic mass is 10.1. The highest BCUT2D eigenvalue weighted by Gasteiger charge is 2.00. The van der Waals surface area contributed by atoms with Gasteiger partial charge in [0.15, 0.2) is 0 Å². The van der Waals surface area contributed by atoms with Crippen molar-refractivity contribution in [2.24, 2.45) is 0 Å². The Morgan fingerprint density at radius 1 is 1.17 bits per heavy atom. The first kappa shape index (κ1) is 7.16. The van der Waals surface area contributed by atoms with Gasteiger partial charge in [0.25, 0.3) is 0 Å². The Kier molecular flexibility index (Phi) is 1.50. The van der Waals surface area contributed by atoms with E-state index in [4.69, 9.17) is 0 Å². The molecule has 0 aliphatic rings. The number of hydrogen-bond donors (Lipinski definition) is 0. The van der Waals surface area contributed by atoms with Gasteiger partial charge in [-0.25, -0.2) is 0 Å². The molecule has 0 amide bonds. The van der Waals surface area contributed by atoms with Crippen LogP contribution in [0.15, 0.2) is 18.3 Å². The van der Waals surface area contributed by atoms with Crippen LogP contribution in [-0.2, 0) is 0 Å². The molecule has 60 valence electrons. The van der Waals surface area contributed by atoms with Crippen molar-refractivity contribution in [3.05, 3.63) is 29.5 Å². The summed E-state index contributed by atoms with van der Waals surface area (Å²) in [5, 5.41) is 12.3. The molecule has 2 rings (SSSR count). The zero-order chi connectivity index (χ0) is 8.55. The molecule has 3 heteroatoms. The van der Waals surface area contributed by atoms with Gasteiger partial charge in [0, 0.05) is 5.39 Å². The van der Waals surface area contributed by atoms with Gasteiger partial charge in [0.2, 0.25) is 0 Å². The number of hydrogen-bond acceptors (Lipinski definition) is 3. The summed E-state index contributed by atoms with van der Waals surface area (Å²) < 4.78 is 0. The Labute approximate surface area is 70.4 Å². The summed E-state index contributed by atoms with van der Waals surface area (Å²) in [5.74, 6) is 0. The number of rotatable bonds is 0. The van der Waals surface area contributed by atoms with Crippen LogP contribution in [-0.4, -0.2) is 15.4 Å². The smallest absolute Gasteiger partial charge is 0.0966 e. The molecule has 0 aliphatic carbocycles. The fourth-order valence-corrected chi connectivity index (χ4v) is 1.23. The Hall–Kier alpha value is -1.51. The van der Waals surface area contributed by atoms with Crippen LogP contribution >= 0.6 is 0 Å². The van der Waals surface area contributed by atoms with E-state index >= 15 is 0 Å². The number of aryl methyl sites for hydroxylation is 2. The van der Waals surface area contributed by atoms with E-state index < -0.39 is 0 Å². The summed E-state index contributed by atoms with van der Waals surface area (Å²) in [7, 11) is 0. The van der Waals surface area contributed by atoms with Gasteiger partial charge in [-0.2, -0.15) is 0 Å². The summed E-state index contributed by atoms with van der Waals surface area (Å²) in [5.41, 5.74) is 3.40. The van der Waals surface area contributed by atoms with Crippen molar-refractivity contribution in [3.8, 4) is 0 Å². The first-order chi connectivity index (χ1) is 5.79. The third kappa shape index (κ3) is 0.942. The Morgan fingerprint density at radius 2 is 2.00 bits per heavy atom. The van der Waals surface area contributed by atoms with Crippen molar-refractivity contribution in [1.29, 1.82) is 0 Å². The van der Waals surface area contributed by atoms with Crippen LogP contribution in [0.1, 0.15) is 11.1 Å². The van der Waals surface area contributed by atoms with Crippen LogP contribution in [0.3, 0.4) is 0 Å². The van der Waals surface area contributed by atoms with E-state index in [0.717, 1.165) is 10.9 Å². The molecule has 0 saturated carbocycles. The molecule has 0 N–H and O–H groups in total. The number of benzene rings is 1. The quantitative estimate of drug-likeness (QED) is 0.586. The lowest BCUT2D eigenvalue weighted by Crippen LogP contribution is -1.90. The van der Waals surface area contributed by atoms with Crippen LogP contribution in [0, 0.1) is 13.8 Å². The minimum atomic E-state index is 0.910. The van der Waals surface area contributed by atoms with E-state index in [9.17, 15) is 0 Å². The van der Waals surface area contributed by atoms with Gasteiger partial charge in [0.05, 0.1) is 11.7 Å². The lowest BCUT2D eigenvalue weighted by Gasteiger charge is -2.01. The molecule has 2 aromatic rings. The average Bonchev–Trinajstić information content (AvgIpc) is 2.12. The average molecular weight is 159 g/mol. The van der Waals surface area contributed by atoms with Gasteiger partial charge in [-0.05, 0) is 36.3 Å². The monoisotopic (exact) mass is 159 g/mol. The molecule has 0 atom stereocenters. The van der Waals surface area contributed by atoms with E-state index in [0.29, 0.717) is 0 Å². The molecule has 12 heavy (non-hydrogen) atoms. The van der Waals surface area contributed by atoms with E-state index in [1.165, 1.54) is 11.1 Å². The topological polar surface area (TPSA) is 38.7 Å². The first-order valence-electron chi connectivity index (χ1n) is 3.83. The molecular formula is C9H9N3. The van der Waals surface area contributed by atoms with Crippen molar-refractivity contribution in [3.63, 3.8) is 0 Å². The fraction of sp³-hybridized carbons (Fsp3) is 0.222.